The summed E-state index contributed by atoms with van der Waals surface area (Å²) in [5.41, 5.74) is 8.10. The molecule has 1 amide bonds. The van der Waals surface area contributed by atoms with Crippen molar-refractivity contribution in [2.75, 3.05) is 11.1 Å². The van der Waals surface area contributed by atoms with Crippen molar-refractivity contribution in [1.82, 2.24) is 19.8 Å². The number of pyridine rings is 2. The number of nitrogens with zero attached hydrogens (tertiary/aromatic N) is 4. The Kier molecular flexibility index (Phi) is 12.9. The van der Waals surface area contributed by atoms with Crippen molar-refractivity contribution in [3.05, 3.63) is 48.0 Å². The van der Waals surface area contributed by atoms with Crippen LogP contribution in [0.5, 0.6) is 0 Å². The number of nitrogens with one attached hydrogen (secondary N) is 1. The summed E-state index contributed by atoms with van der Waals surface area (Å²) in [5.74, 6) is -0.0368. The van der Waals surface area contributed by atoms with E-state index in [1.165, 1.54) is 0 Å². The van der Waals surface area contributed by atoms with Crippen LogP contribution in [0.2, 0.25) is 0 Å². The Bertz CT molecular complexity index is 1190. The lowest BCUT2D eigenvalue weighted by atomic mass is 9.90. The minimum atomic E-state index is -0.471. The fourth-order valence-electron chi connectivity index (χ4n) is 4.69. The van der Waals surface area contributed by atoms with E-state index in [1.807, 2.05) is 31.7 Å². The molecule has 0 fully saturated rings. The van der Waals surface area contributed by atoms with E-state index in [9.17, 15) is 4.79 Å². The van der Waals surface area contributed by atoms with Gasteiger partial charge in [-0.25, -0.2) is 0 Å². The number of anilines is 2. The first-order valence-electron chi connectivity index (χ1n) is 13.2. The summed E-state index contributed by atoms with van der Waals surface area (Å²) >= 11 is 19.2. The highest BCUT2D eigenvalue weighted by Crippen LogP contribution is 2.36. The molecule has 40 heavy (non-hydrogen) atoms. The van der Waals surface area contributed by atoms with Gasteiger partial charge in [-0.05, 0) is 67.5 Å². The van der Waals surface area contributed by atoms with Gasteiger partial charge in [-0.1, -0.05) is 45.2 Å². The van der Waals surface area contributed by atoms with Gasteiger partial charge in [0, 0.05) is 64.8 Å². The van der Waals surface area contributed by atoms with Gasteiger partial charge in [0.25, 0.3) is 0 Å². The molecule has 3 N–H and O–H groups in total. The maximum atomic E-state index is 12.4. The number of thiocarbonyl (C=S) groups is 2. The smallest absolute Gasteiger partial charge is 0.229 e. The molecule has 0 radical (unpaired) electrons. The highest BCUT2D eigenvalue weighted by Gasteiger charge is 2.35. The van der Waals surface area contributed by atoms with Crippen molar-refractivity contribution in [2.45, 2.75) is 99.3 Å². The summed E-state index contributed by atoms with van der Waals surface area (Å²) < 4.78 is 1.08. The van der Waals surface area contributed by atoms with Crippen LogP contribution in [0.1, 0.15) is 87.3 Å². The van der Waals surface area contributed by atoms with Crippen molar-refractivity contribution in [3.8, 4) is 0 Å². The van der Waals surface area contributed by atoms with Gasteiger partial charge in [0.05, 0.1) is 11.1 Å². The molecule has 2 aromatic rings. The molecule has 2 aromatic heterocycles. The molecule has 0 saturated heterocycles. The maximum absolute atomic E-state index is 12.4. The number of nitrogens with two attached hydrogens (primary N) is 1. The lowest BCUT2D eigenvalue weighted by Gasteiger charge is -2.43. The first kappa shape index (κ1) is 36.1. The first-order chi connectivity index (χ1) is 18.2. The molecule has 0 aliphatic carbocycles. The zero-order valence-corrected chi connectivity index (χ0v) is 29.0. The Hall–Kier alpha value is -1.95. The van der Waals surface area contributed by atoms with Crippen LogP contribution in [0.4, 0.5) is 11.4 Å². The van der Waals surface area contributed by atoms with Crippen LogP contribution in [0.25, 0.3) is 0 Å². The van der Waals surface area contributed by atoms with E-state index in [-0.39, 0.29) is 23.5 Å². The number of aromatic nitrogens is 2. The van der Waals surface area contributed by atoms with Gasteiger partial charge in [0.1, 0.15) is 8.64 Å². The van der Waals surface area contributed by atoms with Gasteiger partial charge >= 0.3 is 0 Å². The van der Waals surface area contributed by atoms with Crippen molar-refractivity contribution >= 4 is 75.6 Å². The zero-order chi connectivity index (χ0) is 31.2. The average Bonchev–Trinajstić information content (AvgIpc) is 2.77. The van der Waals surface area contributed by atoms with Crippen LogP contribution < -0.4 is 11.1 Å². The van der Waals surface area contributed by atoms with Gasteiger partial charge in [0.2, 0.25) is 5.91 Å². The second kappa shape index (κ2) is 14.3. The monoisotopic (exact) mass is 622 g/mol. The standard InChI is InChI=1S/C17H27N3OS2.C12H19N3S2/c1-11(2)20(15(22)23)17(6,7)12-10-18-9-8-13(12)19-14(21)16(3,4)5;1-8(2)15(11(16)17)12(3,4)9-7-14-6-5-10(9)13/h8-11H,1-7H3,(H,22,23)(H,18,19,21);5-8H,1-4H3,(H2,13,14)(H,16,17). The van der Waals surface area contributed by atoms with Gasteiger partial charge in [0.15, 0.2) is 0 Å². The van der Waals surface area contributed by atoms with Crippen molar-refractivity contribution in [1.29, 1.82) is 0 Å². The Morgan fingerprint density at radius 1 is 0.825 bits per heavy atom. The SMILES string of the molecule is CC(C)N(C(=S)S)C(C)(C)c1cnccc1N.CC(C)N(C(=S)S)C(C)(C)c1cnccc1NC(=O)C(C)(C)C. The van der Waals surface area contributed by atoms with E-state index in [0.29, 0.717) is 8.64 Å². The predicted octanol–water partition coefficient (Wildman–Crippen LogP) is 7.05. The summed E-state index contributed by atoms with van der Waals surface area (Å²) in [6, 6.07) is 4.04. The van der Waals surface area contributed by atoms with E-state index in [0.717, 1.165) is 22.5 Å². The average molecular weight is 623 g/mol. The Morgan fingerprint density at radius 3 is 1.60 bits per heavy atom. The van der Waals surface area contributed by atoms with Gasteiger partial charge in [-0.3, -0.25) is 14.8 Å². The van der Waals surface area contributed by atoms with Crippen LogP contribution in [0.3, 0.4) is 0 Å². The molecular formula is C29H46N6OS4. The molecule has 0 spiro atoms. The van der Waals surface area contributed by atoms with Crippen LogP contribution in [0.15, 0.2) is 36.9 Å². The first-order valence-corrected chi connectivity index (χ1v) is 14.9. The number of thiol groups is 2. The molecule has 2 rings (SSSR count). The molecule has 7 nitrogen and oxygen atoms in total. The summed E-state index contributed by atoms with van der Waals surface area (Å²) in [5, 5.41) is 3.02. The Labute approximate surface area is 262 Å². The lowest BCUT2D eigenvalue weighted by Crippen LogP contribution is -2.47. The molecule has 0 aliphatic rings. The molecule has 2 heterocycles. The minimum Gasteiger partial charge on any atom is -0.398 e. The molecule has 0 atom stereocenters. The fraction of sp³-hybridized carbons (Fsp3) is 0.552. The van der Waals surface area contributed by atoms with Crippen LogP contribution >= 0.6 is 49.7 Å². The molecule has 0 aliphatic heterocycles. The van der Waals surface area contributed by atoms with Crippen LogP contribution in [0, 0.1) is 5.41 Å². The van der Waals surface area contributed by atoms with E-state index < -0.39 is 11.0 Å². The van der Waals surface area contributed by atoms with Crippen molar-refractivity contribution in [2.24, 2.45) is 5.41 Å². The molecule has 0 unspecified atom stereocenters. The van der Waals surface area contributed by atoms with E-state index >= 15 is 0 Å². The molecule has 0 aromatic carbocycles. The number of carbonyl (C=O) groups excluding carboxylic acids is 1. The number of nitrogen functional groups attached to an aromatic ring is 1. The van der Waals surface area contributed by atoms with Crippen LogP contribution in [-0.4, -0.2) is 46.4 Å². The fourth-order valence-corrected chi connectivity index (χ4v) is 6.53. The molecule has 0 saturated carbocycles. The summed E-state index contributed by atoms with van der Waals surface area (Å²) in [6.07, 6.45) is 6.93. The summed E-state index contributed by atoms with van der Waals surface area (Å²) in [4.78, 5) is 24.8. The lowest BCUT2D eigenvalue weighted by molar-refractivity contribution is -0.123. The third-order valence-electron chi connectivity index (χ3n) is 6.57. The molecular weight excluding hydrogens is 577 g/mol. The zero-order valence-electron chi connectivity index (χ0n) is 25.6. The van der Waals surface area contributed by atoms with E-state index in [1.54, 1.807) is 30.9 Å². The van der Waals surface area contributed by atoms with E-state index in [4.69, 9.17) is 30.2 Å². The summed E-state index contributed by atoms with van der Waals surface area (Å²) in [6.45, 7) is 22.2. The topological polar surface area (TPSA) is 87.4 Å². The quantitative estimate of drug-likeness (QED) is 0.193. The maximum Gasteiger partial charge on any atom is 0.229 e. The molecule has 11 heteroatoms. The third-order valence-corrected chi connectivity index (χ3v) is 7.40. The Balaban J connectivity index is 0.000000418. The highest BCUT2D eigenvalue weighted by molar-refractivity contribution is 8.11. The van der Waals surface area contributed by atoms with Gasteiger partial charge < -0.3 is 20.9 Å². The normalized spacial score (nSPS) is 12.0. The number of hydrogen-bond acceptors (Lipinski definition) is 6. The second-order valence-electron chi connectivity index (χ2n) is 12.2. The summed E-state index contributed by atoms with van der Waals surface area (Å²) in [7, 11) is 0. The van der Waals surface area contributed by atoms with Gasteiger partial charge in [-0.2, -0.15) is 0 Å². The largest absolute Gasteiger partial charge is 0.398 e. The van der Waals surface area contributed by atoms with E-state index in [2.05, 4.69) is 101 Å². The number of rotatable bonds is 7. The second-order valence-corrected chi connectivity index (χ2v) is 14.4. The number of carbonyl (C=O) groups is 1. The Morgan fingerprint density at radius 2 is 1.23 bits per heavy atom. The number of hydrogen-bond donors (Lipinski definition) is 4. The van der Waals surface area contributed by atoms with Crippen LogP contribution in [-0.2, 0) is 15.9 Å². The van der Waals surface area contributed by atoms with Gasteiger partial charge in [-0.15, -0.1) is 25.3 Å². The highest BCUT2D eigenvalue weighted by atomic mass is 32.1. The number of amides is 1. The minimum absolute atomic E-state index is 0.0368. The predicted molar refractivity (Wildman–Crippen MR) is 184 cm³/mol. The van der Waals surface area contributed by atoms with Crippen molar-refractivity contribution in [3.63, 3.8) is 0 Å². The van der Waals surface area contributed by atoms with Crippen molar-refractivity contribution < 1.29 is 4.79 Å². The molecule has 222 valence electrons. The third kappa shape index (κ3) is 9.03. The molecule has 0 bridgehead atoms.